The topological polar surface area (TPSA) is 92.3 Å². The van der Waals surface area contributed by atoms with Gasteiger partial charge < -0.3 is 29.0 Å². The van der Waals surface area contributed by atoms with Crippen LogP contribution in [-0.4, -0.2) is 64.4 Å². The fourth-order valence-corrected chi connectivity index (χ4v) is 2.66. The van der Waals surface area contributed by atoms with Crippen molar-refractivity contribution in [2.24, 2.45) is 0 Å². The van der Waals surface area contributed by atoms with E-state index in [4.69, 9.17) is 23.7 Å². The third-order valence-electron chi connectivity index (χ3n) is 4.46. The Hall–Kier alpha value is -2.58. The Morgan fingerprint density at radius 1 is 0.939 bits per heavy atom. The molecule has 1 N–H and O–H groups in total. The number of esters is 1. The number of para-hydroxylation sites is 1. The second-order valence-electron chi connectivity index (χ2n) is 7.53. The van der Waals surface area contributed by atoms with E-state index < -0.39 is 12.2 Å². The molecule has 1 amide bonds. The normalized spacial score (nSPS) is 11.5. The first kappa shape index (κ1) is 28.5. The summed E-state index contributed by atoms with van der Waals surface area (Å²) in [5.41, 5.74) is 0.389. The molecular formula is C25H39NO7. The van der Waals surface area contributed by atoms with Crippen LogP contribution in [0.3, 0.4) is 0 Å². The monoisotopic (exact) mass is 465 g/mol. The van der Waals surface area contributed by atoms with E-state index in [1.54, 1.807) is 6.92 Å². The van der Waals surface area contributed by atoms with Crippen molar-refractivity contribution >= 4 is 12.1 Å². The highest BCUT2D eigenvalue weighted by Crippen LogP contribution is 2.10. The molecule has 0 saturated heterocycles. The molecule has 8 heteroatoms. The number of amides is 1. The summed E-state index contributed by atoms with van der Waals surface area (Å²) in [4.78, 5) is 23.5. The number of ether oxygens (including phenoxy) is 5. The van der Waals surface area contributed by atoms with Gasteiger partial charge in [-0.05, 0) is 58.1 Å². The SMILES string of the molecule is C=C(C)C(=O)OCCCCCNC(=O)OC(COCCCCOCC)COc1ccccc1. The maximum atomic E-state index is 12.2. The summed E-state index contributed by atoms with van der Waals surface area (Å²) in [6, 6.07) is 9.36. The largest absolute Gasteiger partial charge is 0.490 e. The summed E-state index contributed by atoms with van der Waals surface area (Å²) in [5, 5.41) is 2.74. The molecule has 0 bridgehead atoms. The van der Waals surface area contributed by atoms with Crippen molar-refractivity contribution in [1.82, 2.24) is 5.32 Å². The number of alkyl carbamates (subject to hydrolysis) is 1. The van der Waals surface area contributed by atoms with Crippen LogP contribution in [0.15, 0.2) is 42.5 Å². The first-order chi connectivity index (χ1) is 16.0. The van der Waals surface area contributed by atoms with E-state index in [1.165, 1.54) is 0 Å². The fraction of sp³-hybridized carbons (Fsp3) is 0.600. The van der Waals surface area contributed by atoms with E-state index >= 15 is 0 Å². The Labute approximate surface area is 197 Å². The number of nitrogens with one attached hydrogen (secondary N) is 1. The maximum absolute atomic E-state index is 12.2. The van der Waals surface area contributed by atoms with Crippen molar-refractivity contribution in [3.05, 3.63) is 42.5 Å². The minimum absolute atomic E-state index is 0.199. The highest BCUT2D eigenvalue weighted by Gasteiger charge is 2.16. The van der Waals surface area contributed by atoms with E-state index in [1.807, 2.05) is 37.3 Å². The number of hydrogen-bond donors (Lipinski definition) is 1. The van der Waals surface area contributed by atoms with Gasteiger partial charge in [0.05, 0.1) is 13.2 Å². The minimum atomic E-state index is -0.529. The van der Waals surface area contributed by atoms with Crippen molar-refractivity contribution < 1.29 is 33.3 Å². The lowest BCUT2D eigenvalue weighted by Gasteiger charge is -2.19. The number of carbonyl (C=O) groups excluding carboxylic acids is 2. The highest BCUT2D eigenvalue weighted by atomic mass is 16.6. The van der Waals surface area contributed by atoms with Gasteiger partial charge >= 0.3 is 12.1 Å². The molecule has 0 aromatic heterocycles. The van der Waals surface area contributed by atoms with E-state index in [9.17, 15) is 9.59 Å². The van der Waals surface area contributed by atoms with Gasteiger partial charge in [0.15, 0.2) is 6.10 Å². The number of hydrogen-bond acceptors (Lipinski definition) is 7. The van der Waals surface area contributed by atoms with E-state index in [0.29, 0.717) is 37.7 Å². The van der Waals surface area contributed by atoms with E-state index in [2.05, 4.69) is 11.9 Å². The van der Waals surface area contributed by atoms with Crippen molar-refractivity contribution in [2.75, 3.05) is 46.2 Å². The Bertz CT molecular complexity index is 666. The van der Waals surface area contributed by atoms with Gasteiger partial charge in [-0.2, -0.15) is 0 Å². The van der Waals surface area contributed by atoms with Crippen LogP contribution in [0, 0.1) is 0 Å². The van der Waals surface area contributed by atoms with Crippen molar-refractivity contribution in [3.63, 3.8) is 0 Å². The molecule has 0 aliphatic heterocycles. The van der Waals surface area contributed by atoms with Crippen molar-refractivity contribution in [2.45, 2.75) is 52.1 Å². The van der Waals surface area contributed by atoms with Gasteiger partial charge in [0, 0.05) is 31.9 Å². The molecule has 0 aliphatic rings. The second-order valence-corrected chi connectivity index (χ2v) is 7.53. The zero-order valence-corrected chi connectivity index (χ0v) is 20.0. The molecular weight excluding hydrogens is 426 g/mol. The van der Waals surface area contributed by atoms with Gasteiger partial charge in [0.25, 0.3) is 0 Å². The van der Waals surface area contributed by atoms with Gasteiger partial charge in [-0.25, -0.2) is 9.59 Å². The zero-order valence-electron chi connectivity index (χ0n) is 20.0. The average Bonchev–Trinajstić information content (AvgIpc) is 2.81. The van der Waals surface area contributed by atoms with E-state index in [0.717, 1.165) is 38.7 Å². The number of benzene rings is 1. The first-order valence-corrected chi connectivity index (χ1v) is 11.6. The number of unbranched alkanes of at least 4 members (excludes halogenated alkanes) is 3. The molecule has 1 rings (SSSR count). The van der Waals surface area contributed by atoms with Crippen LogP contribution in [0.1, 0.15) is 46.0 Å². The lowest BCUT2D eigenvalue weighted by molar-refractivity contribution is -0.139. The second kappa shape index (κ2) is 18.9. The average molecular weight is 466 g/mol. The summed E-state index contributed by atoms with van der Waals surface area (Å²) in [7, 11) is 0. The van der Waals surface area contributed by atoms with Crippen LogP contribution < -0.4 is 10.1 Å². The molecule has 0 fully saturated rings. The fourth-order valence-electron chi connectivity index (χ4n) is 2.66. The van der Waals surface area contributed by atoms with Gasteiger partial charge in [0.2, 0.25) is 0 Å². The molecule has 1 atom stereocenters. The van der Waals surface area contributed by atoms with Crippen LogP contribution >= 0.6 is 0 Å². The van der Waals surface area contributed by atoms with Crippen LogP contribution in [-0.2, 0) is 23.7 Å². The van der Waals surface area contributed by atoms with Crippen LogP contribution in [0.2, 0.25) is 0 Å². The first-order valence-electron chi connectivity index (χ1n) is 11.6. The minimum Gasteiger partial charge on any atom is -0.490 e. The summed E-state index contributed by atoms with van der Waals surface area (Å²) in [6.45, 7) is 10.4. The van der Waals surface area contributed by atoms with Gasteiger partial charge in [-0.1, -0.05) is 24.8 Å². The third-order valence-corrected chi connectivity index (χ3v) is 4.46. The van der Waals surface area contributed by atoms with Crippen LogP contribution in [0.5, 0.6) is 5.75 Å². The van der Waals surface area contributed by atoms with Gasteiger partial charge in [-0.15, -0.1) is 0 Å². The molecule has 0 saturated carbocycles. The third kappa shape index (κ3) is 15.8. The van der Waals surface area contributed by atoms with Crippen LogP contribution in [0.4, 0.5) is 4.79 Å². The van der Waals surface area contributed by atoms with Crippen LogP contribution in [0.25, 0.3) is 0 Å². The molecule has 33 heavy (non-hydrogen) atoms. The molecule has 186 valence electrons. The Morgan fingerprint density at radius 3 is 2.33 bits per heavy atom. The number of carbonyl (C=O) groups is 2. The highest BCUT2D eigenvalue weighted by molar-refractivity contribution is 5.86. The molecule has 8 nitrogen and oxygen atoms in total. The summed E-state index contributed by atoms with van der Waals surface area (Å²) in [5.74, 6) is 0.326. The predicted molar refractivity (Wildman–Crippen MR) is 126 cm³/mol. The molecule has 0 radical (unpaired) electrons. The Balaban J connectivity index is 2.27. The summed E-state index contributed by atoms with van der Waals surface area (Å²) < 4.78 is 27.3. The van der Waals surface area contributed by atoms with Gasteiger partial charge in [-0.3, -0.25) is 0 Å². The summed E-state index contributed by atoms with van der Waals surface area (Å²) in [6.07, 6.45) is 3.05. The van der Waals surface area contributed by atoms with Crippen molar-refractivity contribution in [3.8, 4) is 5.75 Å². The quantitative estimate of drug-likeness (QED) is 0.185. The molecule has 0 heterocycles. The maximum Gasteiger partial charge on any atom is 0.407 e. The molecule has 1 unspecified atom stereocenters. The molecule has 0 spiro atoms. The molecule has 0 aliphatic carbocycles. The van der Waals surface area contributed by atoms with Gasteiger partial charge in [0.1, 0.15) is 12.4 Å². The Kier molecular flexibility index (Phi) is 16.3. The standard InChI is InChI=1S/C25H39NO7/c1-4-29-16-11-12-17-30-19-23(20-32-22-13-7-5-8-14-22)33-25(28)26-15-9-6-10-18-31-24(27)21(2)3/h5,7-8,13-14,23H,2,4,6,9-12,15-20H2,1,3H3,(H,26,28). The van der Waals surface area contributed by atoms with E-state index in [-0.39, 0.29) is 19.2 Å². The predicted octanol–water partition coefficient (Wildman–Crippen LogP) is 4.28. The molecule has 1 aromatic carbocycles. The Morgan fingerprint density at radius 2 is 1.64 bits per heavy atom. The zero-order chi connectivity index (χ0) is 24.2. The summed E-state index contributed by atoms with van der Waals surface area (Å²) >= 11 is 0. The smallest absolute Gasteiger partial charge is 0.407 e. The molecule has 1 aromatic rings. The van der Waals surface area contributed by atoms with Crippen molar-refractivity contribution in [1.29, 1.82) is 0 Å². The lowest BCUT2D eigenvalue weighted by atomic mass is 10.2. The lowest BCUT2D eigenvalue weighted by Crippen LogP contribution is -2.35. The number of rotatable bonds is 19.